The standard InChI is InChI=1S/C31H32N2O8/c1-15-26(36)24(17(3)34)28-25(27(15)37)31(4)22(41-28)14-21(35)23(29(31)38)16(2)32-19-10-12-33(13-11-19)30(39)18-6-8-20(40-5)9-7-18/h6-9,14,19,32,36-37H,10-13H2,1-5H3/b23-16+/t31-/m1/s1. The van der Waals surface area contributed by atoms with Gasteiger partial charge in [0.25, 0.3) is 5.91 Å². The molecule has 0 spiro atoms. The Hall–Kier alpha value is -4.60. The average molecular weight is 561 g/mol. The van der Waals surface area contributed by atoms with E-state index < -0.39 is 28.5 Å². The number of ether oxygens (including phenoxy) is 2. The fourth-order valence-corrected chi connectivity index (χ4v) is 5.88. The van der Waals surface area contributed by atoms with Crippen LogP contribution in [-0.4, -0.2) is 64.6 Å². The van der Waals surface area contributed by atoms with Gasteiger partial charge in [0, 0.05) is 42.0 Å². The monoisotopic (exact) mass is 560 g/mol. The lowest BCUT2D eigenvalue weighted by molar-refractivity contribution is -0.123. The molecular formula is C31H32N2O8. The molecule has 214 valence electrons. The van der Waals surface area contributed by atoms with Crippen LogP contribution in [0.5, 0.6) is 23.0 Å². The minimum absolute atomic E-state index is 0.00722. The second-order valence-corrected chi connectivity index (χ2v) is 10.8. The van der Waals surface area contributed by atoms with Crippen LogP contribution in [0.3, 0.4) is 0 Å². The highest BCUT2D eigenvalue weighted by molar-refractivity contribution is 6.31. The number of Topliss-reactive ketones (excluding diaryl/α,β-unsaturated/α-hetero) is 2. The zero-order valence-electron chi connectivity index (χ0n) is 23.6. The van der Waals surface area contributed by atoms with E-state index in [-0.39, 0.29) is 51.5 Å². The smallest absolute Gasteiger partial charge is 0.253 e. The molecule has 2 aromatic rings. The number of rotatable bonds is 5. The van der Waals surface area contributed by atoms with Gasteiger partial charge < -0.3 is 29.9 Å². The minimum atomic E-state index is -1.57. The first kappa shape index (κ1) is 27.9. The van der Waals surface area contributed by atoms with E-state index in [1.807, 2.05) is 0 Å². The average Bonchev–Trinajstić information content (AvgIpc) is 3.24. The molecule has 1 fully saturated rings. The number of ketones is 3. The summed E-state index contributed by atoms with van der Waals surface area (Å²) in [5.74, 6) is -1.96. The number of aromatic hydroxyl groups is 2. The summed E-state index contributed by atoms with van der Waals surface area (Å²) in [6.45, 7) is 6.88. The quantitative estimate of drug-likeness (QED) is 0.285. The van der Waals surface area contributed by atoms with E-state index in [4.69, 9.17) is 9.47 Å². The SMILES string of the molecule is COc1ccc(C(=O)N2CCC(N/C(C)=C3\C(=O)C=C4Oc5c(C(C)=O)c(O)c(C)c(O)c5[C@]4(C)C3=O)CC2)cc1. The number of phenols is 2. The van der Waals surface area contributed by atoms with Crippen LogP contribution < -0.4 is 14.8 Å². The van der Waals surface area contributed by atoms with Gasteiger partial charge in [-0.1, -0.05) is 0 Å². The second kappa shape index (κ2) is 10.1. The Balaban J connectivity index is 1.38. The number of phenolic OH excluding ortho intramolecular Hbond substituents is 2. The lowest BCUT2D eigenvalue weighted by atomic mass is 9.70. The number of fused-ring (bicyclic) bond motifs is 3. The predicted molar refractivity (Wildman–Crippen MR) is 148 cm³/mol. The number of methoxy groups -OCH3 is 1. The number of nitrogens with one attached hydrogen (secondary N) is 1. The van der Waals surface area contributed by atoms with Gasteiger partial charge in [0.15, 0.2) is 17.3 Å². The normalized spacial score (nSPS) is 21.5. The molecule has 0 radical (unpaired) electrons. The summed E-state index contributed by atoms with van der Waals surface area (Å²) in [6.07, 6.45) is 2.43. The van der Waals surface area contributed by atoms with E-state index in [1.165, 1.54) is 26.8 Å². The van der Waals surface area contributed by atoms with Gasteiger partial charge in [0.1, 0.15) is 39.7 Å². The van der Waals surface area contributed by atoms with Gasteiger partial charge in [0.05, 0.1) is 18.2 Å². The van der Waals surface area contributed by atoms with Crippen LogP contribution in [0.4, 0.5) is 0 Å². The van der Waals surface area contributed by atoms with Crippen molar-refractivity contribution in [2.75, 3.05) is 20.2 Å². The van der Waals surface area contributed by atoms with E-state index in [0.717, 1.165) is 0 Å². The van der Waals surface area contributed by atoms with Crippen molar-refractivity contribution in [2.45, 2.75) is 52.0 Å². The Morgan fingerprint density at radius 1 is 1.07 bits per heavy atom. The van der Waals surface area contributed by atoms with Crippen LogP contribution in [0, 0.1) is 6.92 Å². The number of carbonyl (C=O) groups is 4. The number of benzene rings is 2. The van der Waals surface area contributed by atoms with Gasteiger partial charge in [0.2, 0.25) is 0 Å². The highest BCUT2D eigenvalue weighted by Crippen LogP contribution is 2.57. The summed E-state index contributed by atoms with van der Waals surface area (Å²) in [5.41, 5.74) is -0.737. The summed E-state index contributed by atoms with van der Waals surface area (Å²) < 4.78 is 11.0. The first-order valence-corrected chi connectivity index (χ1v) is 13.4. The molecule has 41 heavy (non-hydrogen) atoms. The first-order chi connectivity index (χ1) is 19.4. The molecule has 10 nitrogen and oxygen atoms in total. The van der Waals surface area contributed by atoms with Crippen LogP contribution in [-0.2, 0) is 15.0 Å². The molecule has 10 heteroatoms. The maximum Gasteiger partial charge on any atom is 0.253 e. The van der Waals surface area contributed by atoms with Crippen molar-refractivity contribution in [1.82, 2.24) is 10.2 Å². The van der Waals surface area contributed by atoms with Gasteiger partial charge in [-0.25, -0.2) is 0 Å². The van der Waals surface area contributed by atoms with E-state index in [0.29, 0.717) is 42.9 Å². The lowest BCUT2D eigenvalue weighted by Crippen LogP contribution is -2.46. The Labute approximate surface area is 237 Å². The Kier molecular flexibility index (Phi) is 6.89. The molecule has 0 unspecified atom stereocenters. The molecule has 1 saturated heterocycles. The first-order valence-electron chi connectivity index (χ1n) is 13.4. The van der Waals surface area contributed by atoms with Gasteiger partial charge in [-0.05, 0) is 64.8 Å². The number of amides is 1. The van der Waals surface area contributed by atoms with Crippen molar-refractivity contribution in [3.63, 3.8) is 0 Å². The zero-order valence-corrected chi connectivity index (χ0v) is 23.6. The highest BCUT2D eigenvalue weighted by atomic mass is 16.5. The number of hydrogen-bond donors (Lipinski definition) is 3. The molecule has 1 amide bonds. The topological polar surface area (TPSA) is 142 Å². The molecule has 3 N–H and O–H groups in total. The molecule has 2 aliphatic heterocycles. The van der Waals surface area contributed by atoms with Crippen LogP contribution >= 0.6 is 0 Å². The molecule has 2 aromatic carbocycles. The van der Waals surface area contributed by atoms with E-state index in [2.05, 4.69) is 5.32 Å². The molecular weight excluding hydrogens is 528 g/mol. The van der Waals surface area contributed by atoms with E-state index in [1.54, 1.807) is 43.2 Å². The van der Waals surface area contributed by atoms with Crippen molar-refractivity contribution in [3.8, 4) is 23.0 Å². The number of piperidine rings is 1. The second-order valence-electron chi connectivity index (χ2n) is 10.8. The molecule has 2 heterocycles. The fraction of sp³-hybridized carbons (Fsp3) is 0.355. The molecule has 0 aromatic heterocycles. The van der Waals surface area contributed by atoms with Gasteiger partial charge >= 0.3 is 0 Å². The predicted octanol–water partition coefficient (Wildman–Crippen LogP) is 3.47. The van der Waals surface area contributed by atoms with E-state index in [9.17, 15) is 29.4 Å². The van der Waals surface area contributed by atoms with E-state index >= 15 is 0 Å². The van der Waals surface area contributed by atoms with Gasteiger partial charge in [-0.2, -0.15) is 0 Å². The largest absolute Gasteiger partial charge is 0.507 e. The summed E-state index contributed by atoms with van der Waals surface area (Å²) in [4.78, 5) is 54.3. The van der Waals surface area contributed by atoms with Gasteiger partial charge in [-0.15, -0.1) is 0 Å². The maximum atomic E-state index is 14.0. The van der Waals surface area contributed by atoms with Crippen LogP contribution in [0.15, 0.2) is 47.4 Å². The third-order valence-electron chi connectivity index (χ3n) is 8.30. The highest BCUT2D eigenvalue weighted by Gasteiger charge is 2.56. The number of allylic oxidation sites excluding steroid dienone is 4. The summed E-state index contributed by atoms with van der Waals surface area (Å²) in [7, 11) is 1.57. The number of hydrogen-bond acceptors (Lipinski definition) is 9. The van der Waals surface area contributed by atoms with Gasteiger partial charge in [-0.3, -0.25) is 19.2 Å². The summed E-state index contributed by atoms with van der Waals surface area (Å²) >= 11 is 0. The molecule has 0 bridgehead atoms. The van der Waals surface area contributed by atoms with Crippen molar-refractivity contribution in [3.05, 3.63) is 69.6 Å². The third-order valence-corrected chi connectivity index (χ3v) is 8.30. The van der Waals surface area contributed by atoms with Crippen molar-refractivity contribution in [2.24, 2.45) is 0 Å². The van der Waals surface area contributed by atoms with Crippen molar-refractivity contribution < 1.29 is 38.9 Å². The van der Waals surface area contributed by atoms with Crippen LogP contribution in [0.2, 0.25) is 0 Å². The molecule has 1 atom stereocenters. The van der Waals surface area contributed by atoms with Crippen molar-refractivity contribution in [1.29, 1.82) is 0 Å². The van der Waals surface area contributed by atoms with Crippen LogP contribution in [0.1, 0.15) is 65.5 Å². The lowest BCUT2D eigenvalue weighted by Gasteiger charge is -2.34. The summed E-state index contributed by atoms with van der Waals surface area (Å²) in [5, 5.41) is 24.8. The molecule has 5 rings (SSSR count). The Morgan fingerprint density at radius 2 is 1.71 bits per heavy atom. The maximum absolute atomic E-state index is 14.0. The molecule has 1 aliphatic carbocycles. The molecule has 3 aliphatic rings. The number of carbonyl (C=O) groups excluding carboxylic acids is 4. The molecule has 0 saturated carbocycles. The Bertz CT molecular complexity index is 1560. The van der Waals surface area contributed by atoms with Crippen molar-refractivity contribution >= 4 is 23.3 Å². The number of nitrogens with zero attached hydrogens (tertiary/aromatic N) is 1. The third kappa shape index (κ3) is 4.34. The minimum Gasteiger partial charge on any atom is -0.507 e. The Morgan fingerprint density at radius 3 is 2.29 bits per heavy atom. The fourth-order valence-electron chi connectivity index (χ4n) is 5.88. The number of likely N-dealkylation sites (tertiary alicyclic amines) is 1. The summed E-state index contributed by atoms with van der Waals surface area (Å²) in [6, 6.07) is 6.87. The van der Waals surface area contributed by atoms with Crippen LogP contribution in [0.25, 0.3) is 0 Å². The zero-order chi connectivity index (χ0) is 29.8.